The van der Waals surface area contributed by atoms with Gasteiger partial charge >= 0.3 is 0 Å². The van der Waals surface area contributed by atoms with Crippen LogP contribution in [0.3, 0.4) is 0 Å². The van der Waals surface area contributed by atoms with E-state index in [1.165, 1.54) is 5.56 Å². The molecule has 0 aromatic heterocycles. The summed E-state index contributed by atoms with van der Waals surface area (Å²) in [6, 6.07) is 13.9. The van der Waals surface area contributed by atoms with E-state index in [1.807, 2.05) is 24.3 Å². The minimum Gasteiger partial charge on any atom is -0.330 e. The normalized spacial score (nSPS) is 12.4. The molecule has 0 spiro atoms. The van der Waals surface area contributed by atoms with E-state index in [4.69, 9.17) is 28.9 Å². The molecule has 2 aromatic carbocycles. The van der Waals surface area contributed by atoms with E-state index in [9.17, 15) is 0 Å². The lowest BCUT2D eigenvalue weighted by Crippen LogP contribution is -2.19. The fourth-order valence-electron chi connectivity index (χ4n) is 2.21. The molecule has 2 aromatic rings. The summed E-state index contributed by atoms with van der Waals surface area (Å²) in [4.78, 5) is 0. The van der Waals surface area contributed by atoms with Crippen molar-refractivity contribution >= 4 is 39.1 Å². The SMILES string of the molecule is NCC(Cc1ccc(Cl)cc1Cl)Cc1ccccc1Br. The van der Waals surface area contributed by atoms with Gasteiger partial charge in [-0.1, -0.05) is 63.4 Å². The van der Waals surface area contributed by atoms with Crippen molar-refractivity contribution in [2.24, 2.45) is 11.7 Å². The van der Waals surface area contributed by atoms with E-state index in [0.29, 0.717) is 22.5 Å². The fourth-order valence-corrected chi connectivity index (χ4v) is 3.14. The molecule has 1 nitrogen and oxygen atoms in total. The summed E-state index contributed by atoms with van der Waals surface area (Å²) in [5.41, 5.74) is 8.28. The minimum atomic E-state index is 0.354. The summed E-state index contributed by atoms with van der Waals surface area (Å²) in [5, 5.41) is 1.37. The van der Waals surface area contributed by atoms with Gasteiger partial charge in [-0.2, -0.15) is 0 Å². The molecule has 0 aliphatic carbocycles. The van der Waals surface area contributed by atoms with Crippen molar-refractivity contribution in [1.82, 2.24) is 0 Å². The highest BCUT2D eigenvalue weighted by Crippen LogP contribution is 2.26. The Kier molecular flexibility index (Phi) is 5.91. The standard InChI is InChI=1S/C16H16BrCl2N/c17-15-4-2-1-3-12(15)7-11(10-20)8-13-5-6-14(18)9-16(13)19/h1-6,9,11H,7-8,10,20H2. The van der Waals surface area contributed by atoms with Crippen LogP contribution in [0, 0.1) is 5.92 Å². The van der Waals surface area contributed by atoms with E-state index in [-0.39, 0.29) is 0 Å². The van der Waals surface area contributed by atoms with Crippen molar-refractivity contribution < 1.29 is 0 Å². The lowest BCUT2D eigenvalue weighted by Gasteiger charge is -2.17. The predicted octanol–water partition coefficient (Wildman–Crippen LogP) is 5.12. The van der Waals surface area contributed by atoms with Crippen LogP contribution in [0.15, 0.2) is 46.9 Å². The molecule has 1 atom stereocenters. The maximum atomic E-state index is 6.23. The van der Waals surface area contributed by atoms with Crippen LogP contribution in [0.2, 0.25) is 10.0 Å². The van der Waals surface area contributed by atoms with Crippen molar-refractivity contribution in [3.05, 3.63) is 68.1 Å². The maximum absolute atomic E-state index is 6.23. The molecule has 0 fully saturated rings. The topological polar surface area (TPSA) is 26.0 Å². The summed E-state index contributed by atoms with van der Waals surface area (Å²) >= 11 is 15.7. The second kappa shape index (κ2) is 7.46. The Morgan fingerprint density at radius 3 is 2.35 bits per heavy atom. The van der Waals surface area contributed by atoms with Crippen LogP contribution in [0.5, 0.6) is 0 Å². The average molecular weight is 373 g/mol. The highest BCUT2D eigenvalue weighted by molar-refractivity contribution is 9.10. The lowest BCUT2D eigenvalue weighted by molar-refractivity contribution is 0.532. The maximum Gasteiger partial charge on any atom is 0.0452 e. The minimum absolute atomic E-state index is 0.354. The molecule has 4 heteroatoms. The number of nitrogens with two attached hydrogens (primary N) is 1. The van der Waals surface area contributed by atoms with Crippen LogP contribution in [0.1, 0.15) is 11.1 Å². The van der Waals surface area contributed by atoms with Gasteiger partial charge in [0.1, 0.15) is 0 Å². The van der Waals surface area contributed by atoms with Gasteiger partial charge < -0.3 is 5.73 Å². The Balaban J connectivity index is 2.11. The number of hydrogen-bond acceptors (Lipinski definition) is 1. The summed E-state index contributed by atoms with van der Waals surface area (Å²) in [6.07, 6.45) is 1.78. The summed E-state index contributed by atoms with van der Waals surface area (Å²) < 4.78 is 1.13. The smallest absolute Gasteiger partial charge is 0.0452 e. The van der Waals surface area contributed by atoms with Gasteiger partial charge in [0, 0.05) is 14.5 Å². The zero-order valence-corrected chi connectivity index (χ0v) is 14.0. The second-order valence-electron chi connectivity index (χ2n) is 4.84. The number of benzene rings is 2. The third kappa shape index (κ3) is 4.23. The summed E-state index contributed by atoms with van der Waals surface area (Å²) in [7, 11) is 0. The molecule has 0 saturated heterocycles. The monoisotopic (exact) mass is 371 g/mol. The van der Waals surface area contributed by atoms with Crippen LogP contribution >= 0.6 is 39.1 Å². The molecule has 0 aliphatic rings. The zero-order valence-electron chi connectivity index (χ0n) is 11.0. The summed E-state index contributed by atoms with van der Waals surface area (Å²) in [5.74, 6) is 0.354. The van der Waals surface area contributed by atoms with Gasteiger partial charge in [-0.3, -0.25) is 0 Å². The summed E-state index contributed by atoms with van der Waals surface area (Å²) in [6.45, 7) is 0.625. The highest BCUT2D eigenvalue weighted by Gasteiger charge is 2.13. The first-order valence-electron chi connectivity index (χ1n) is 6.47. The number of hydrogen-bond donors (Lipinski definition) is 1. The molecule has 106 valence electrons. The van der Waals surface area contributed by atoms with Crippen LogP contribution < -0.4 is 5.73 Å². The van der Waals surface area contributed by atoms with Gasteiger partial charge in [0.05, 0.1) is 0 Å². The molecule has 2 N–H and O–H groups in total. The van der Waals surface area contributed by atoms with Crippen molar-refractivity contribution in [1.29, 1.82) is 0 Å². The number of rotatable bonds is 5. The van der Waals surface area contributed by atoms with E-state index in [0.717, 1.165) is 22.9 Å². The van der Waals surface area contributed by atoms with E-state index in [1.54, 1.807) is 6.07 Å². The van der Waals surface area contributed by atoms with Crippen molar-refractivity contribution in [3.8, 4) is 0 Å². The molecule has 1 unspecified atom stereocenters. The van der Waals surface area contributed by atoms with Crippen molar-refractivity contribution in [3.63, 3.8) is 0 Å². The third-order valence-electron chi connectivity index (χ3n) is 3.32. The molecule has 0 bridgehead atoms. The predicted molar refractivity (Wildman–Crippen MR) is 90.6 cm³/mol. The quantitative estimate of drug-likeness (QED) is 0.774. The number of halogens is 3. The molecule has 0 radical (unpaired) electrons. The fraction of sp³-hybridized carbons (Fsp3) is 0.250. The van der Waals surface area contributed by atoms with Crippen LogP contribution in [0.25, 0.3) is 0 Å². The first-order chi connectivity index (χ1) is 9.60. The van der Waals surface area contributed by atoms with Crippen LogP contribution in [0.4, 0.5) is 0 Å². The molecule has 0 saturated carbocycles. The third-order valence-corrected chi connectivity index (χ3v) is 4.68. The van der Waals surface area contributed by atoms with Gasteiger partial charge in [-0.05, 0) is 54.6 Å². The Morgan fingerprint density at radius 2 is 1.70 bits per heavy atom. The highest BCUT2D eigenvalue weighted by atomic mass is 79.9. The molecule has 0 aliphatic heterocycles. The Morgan fingerprint density at radius 1 is 1.00 bits per heavy atom. The lowest BCUT2D eigenvalue weighted by atomic mass is 9.92. The molecule has 0 amide bonds. The molecule has 20 heavy (non-hydrogen) atoms. The first kappa shape index (κ1) is 15.8. The molecule has 2 rings (SSSR count). The zero-order chi connectivity index (χ0) is 14.5. The van der Waals surface area contributed by atoms with Gasteiger partial charge in [-0.25, -0.2) is 0 Å². The van der Waals surface area contributed by atoms with E-state index in [2.05, 4.69) is 28.1 Å². The van der Waals surface area contributed by atoms with Gasteiger partial charge in [0.15, 0.2) is 0 Å². The van der Waals surface area contributed by atoms with Crippen molar-refractivity contribution in [2.75, 3.05) is 6.54 Å². The molecule has 0 heterocycles. The largest absolute Gasteiger partial charge is 0.330 e. The second-order valence-corrected chi connectivity index (χ2v) is 6.54. The van der Waals surface area contributed by atoms with Crippen LogP contribution in [-0.2, 0) is 12.8 Å². The van der Waals surface area contributed by atoms with Gasteiger partial charge in [-0.15, -0.1) is 0 Å². The van der Waals surface area contributed by atoms with Gasteiger partial charge in [0.2, 0.25) is 0 Å². The Hall–Kier alpha value is -0.540. The van der Waals surface area contributed by atoms with E-state index < -0.39 is 0 Å². The first-order valence-corrected chi connectivity index (χ1v) is 8.02. The van der Waals surface area contributed by atoms with Crippen molar-refractivity contribution in [2.45, 2.75) is 12.8 Å². The van der Waals surface area contributed by atoms with Gasteiger partial charge in [0.25, 0.3) is 0 Å². The Bertz CT molecular complexity index is 586. The average Bonchev–Trinajstić information content (AvgIpc) is 2.43. The molecular weight excluding hydrogens is 357 g/mol. The Labute approximate surface area is 138 Å². The van der Waals surface area contributed by atoms with Crippen LogP contribution in [-0.4, -0.2) is 6.54 Å². The molecular formula is C16H16BrCl2N. The van der Waals surface area contributed by atoms with E-state index >= 15 is 0 Å².